The number of nitrogens with zero attached hydrogens (tertiary/aromatic N) is 3. The number of rotatable bonds is 5. The fourth-order valence-corrected chi connectivity index (χ4v) is 2.34. The molecule has 2 aromatic carbocycles. The normalized spacial score (nSPS) is 11.2. The lowest BCUT2D eigenvalue weighted by Gasteiger charge is -2.04. The molecule has 0 aliphatic heterocycles. The predicted molar refractivity (Wildman–Crippen MR) is 89.6 cm³/mol. The van der Waals surface area contributed by atoms with Crippen LogP contribution in [0.4, 0.5) is 5.95 Å². The maximum absolute atomic E-state index is 5.13. The average molecular weight is 294 g/mol. The number of imidazole rings is 1. The highest BCUT2D eigenvalue weighted by atomic mass is 16.5. The van der Waals surface area contributed by atoms with Crippen LogP contribution >= 0.6 is 0 Å². The van der Waals surface area contributed by atoms with Gasteiger partial charge in [0, 0.05) is 6.54 Å². The van der Waals surface area contributed by atoms with Gasteiger partial charge >= 0.3 is 0 Å². The van der Waals surface area contributed by atoms with Crippen LogP contribution in [0, 0.1) is 0 Å². The Bertz CT molecular complexity index is 790. The molecule has 0 saturated carbocycles. The van der Waals surface area contributed by atoms with E-state index in [0.29, 0.717) is 0 Å². The van der Waals surface area contributed by atoms with Crippen molar-refractivity contribution < 1.29 is 4.74 Å². The van der Waals surface area contributed by atoms with E-state index in [2.05, 4.69) is 33.1 Å². The minimum atomic E-state index is 0.744. The largest absolute Gasteiger partial charge is 0.497 e. The molecule has 112 valence electrons. The van der Waals surface area contributed by atoms with Crippen molar-refractivity contribution in [1.29, 1.82) is 0 Å². The van der Waals surface area contributed by atoms with Crippen molar-refractivity contribution in [3.8, 4) is 5.75 Å². The fraction of sp³-hybridized carbons (Fsp3) is 0.176. The number of hydrogen-bond acceptors (Lipinski definition) is 4. The molecule has 0 radical (unpaired) electrons. The number of anilines is 1. The average Bonchev–Trinajstić information content (AvgIpc) is 2.93. The summed E-state index contributed by atoms with van der Waals surface area (Å²) in [6.45, 7) is 2.92. The third kappa shape index (κ3) is 2.79. The molecule has 22 heavy (non-hydrogen) atoms. The Morgan fingerprint density at radius 1 is 1.18 bits per heavy atom. The lowest BCUT2D eigenvalue weighted by atomic mass is 10.2. The van der Waals surface area contributed by atoms with Crippen LogP contribution in [0.3, 0.4) is 0 Å². The second-order valence-electron chi connectivity index (χ2n) is 4.81. The Balaban J connectivity index is 1.79. The molecule has 1 heterocycles. The van der Waals surface area contributed by atoms with E-state index in [1.54, 1.807) is 13.3 Å². The molecule has 3 rings (SSSR count). The number of nitrogens with one attached hydrogen (secondary N) is 1. The summed E-state index contributed by atoms with van der Waals surface area (Å²) >= 11 is 0. The second-order valence-corrected chi connectivity index (χ2v) is 4.81. The van der Waals surface area contributed by atoms with Crippen molar-refractivity contribution in [3.63, 3.8) is 0 Å². The summed E-state index contributed by atoms with van der Waals surface area (Å²) in [6.07, 6.45) is 1.76. The third-order valence-electron chi connectivity index (χ3n) is 3.46. The summed E-state index contributed by atoms with van der Waals surface area (Å²) in [4.78, 5) is 4.56. The topological polar surface area (TPSA) is 51.4 Å². The van der Waals surface area contributed by atoms with Crippen molar-refractivity contribution in [2.75, 3.05) is 12.5 Å². The molecule has 1 N–H and O–H groups in total. The van der Waals surface area contributed by atoms with E-state index in [0.717, 1.165) is 34.8 Å². The van der Waals surface area contributed by atoms with Gasteiger partial charge in [-0.15, -0.1) is 0 Å². The van der Waals surface area contributed by atoms with Gasteiger partial charge in [-0.3, -0.25) is 0 Å². The molecule has 0 amide bonds. The number of methoxy groups -OCH3 is 1. The molecule has 0 bridgehead atoms. The first kappa shape index (κ1) is 14.1. The van der Waals surface area contributed by atoms with Crippen molar-refractivity contribution in [3.05, 3.63) is 54.1 Å². The summed E-state index contributed by atoms with van der Waals surface area (Å²) < 4.78 is 7.23. The van der Waals surface area contributed by atoms with E-state index in [4.69, 9.17) is 4.74 Å². The smallest absolute Gasteiger partial charge is 0.224 e. The van der Waals surface area contributed by atoms with Gasteiger partial charge in [-0.1, -0.05) is 12.1 Å². The number of hydrogen-bond donors (Lipinski definition) is 1. The molecule has 0 aliphatic carbocycles. The maximum atomic E-state index is 5.13. The highest BCUT2D eigenvalue weighted by Gasteiger charge is 2.07. The molecular formula is C17H18N4O. The Morgan fingerprint density at radius 3 is 2.68 bits per heavy atom. The molecule has 0 unspecified atom stereocenters. The summed E-state index contributed by atoms with van der Waals surface area (Å²) in [7, 11) is 1.65. The summed E-state index contributed by atoms with van der Waals surface area (Å²) in [5.41, 5.74) is 6.08. The highest BCUT2D eigenvalue weighted by molar-refractivity contribution is 5.81. The van der Waals surface area contributed by atoms with Gasteiger partial charge in [-0.2, -0.15) is 5.10 Å². The molecule has 5 nitrogen and oxygen atoms in total. The first-order chi connectivity index (χ1) is 10.8. The van der Waals surface area contributed by atoms with Crippen molar-refractivity contribution in [2.24, 2.45) is 5.10 Å². The second kappa shape index (κ2) is 6.30. The van der Waals surface area contributed by atoms with Gasteiger partial charge in [0.25, 0.3) is 0 Å². The number of hydrazone groups is 1. The van der Waals surface area contributed by atoms with E-state index >= 15 is 0 Å². The van der Waals surface area contributed by atoms with Gasteiger partial charge in [-0.05, 0) is 48.9 Å². The van der Waals surface area contributed by atoms with Gasteiger partial charge in [0.1, 0.15) is 5.75 Å². The molecule has 3 aromatic rings. The van der Waals surface area contributed by atoms with Gasteiger partial charge in [0.15, 0.2) is 0 Å². The monoisotopic (exact) mass is 294 g/mol. The summed E-state index contributed by atoms with van der Waals surface area (Å²) in [5.74, 6) is 1.58. The van der Waals surface area contributed by atoms with Crippen LogP contribution in [0.2, 0.25) is 0 Å². The maximum Gasteiger partial charge on any atom is 0.224 e. The molecule has 0 fully saturated rings. The minimum absolute atomic E-state index is 0.744. The zero-order valence-electron chi connectivity index (χ0n) is 12.7. The number of fused-ring (bicyclic) bond motifs is 1. The van der Waals surface area contributed by atoms with Crippen LogP contribution in [0.5, 0.6) is 5.75 Å². The van der Waals surface area contributed by atoms with Crippen molar-refractivity contribution >= 4 is 23.2 Å². The number of para-hydroxylation sites is 2. The molecule has 0 atom stereocenters. The van der Waals surface area contributed by atoms with E-state index in [-0.39, 0.29) is 0 Å². The first-order valence-corrected chi connectivity index (χ1v) is 7.20. The Morgan fingerprint density at radius 2 is 1.95 bits per heavy atom. The van der Waals surface area contributed by atoms with E-state index in [9.17, 15) is 0 Å². The zero-order valence-corrected chi connectivity index (χ0v) is 12.7. The van der Waals surface area contributed by atoms with Crippen molar-refractivity contribution in [2.45, 2.75) is 13.5 Å². The molecule has 5 heteroatoms. The highest BCUT2D eigenvalue weighted by Crippen LogP contribution is 2.19. The van der Waals surface area contributed by atoms with Crippen LogP contribution < -0.4 is 10.2 Å². The van der Waals surface area contributed by atoms with Gasteiger partial charge < -0.3 is 9.30 Å². The first-order valence-electron chi connectivity index (χ1n) is 7.20. The molecule has 0 saturated heterocycles. The number of aromatic nitrogens is 2. The zero-order chi connectivity index (χ0) is 15.4. The van der Waals surface area contributed by atoms with Crippen LogP contribution in [0.15, 0.2) is 53.6 Å². The lowest BCUT2D eigenvalue weighted by Crippen LogP contribution is -2.01. The van der Waals surface area contributed by atoms with Crippen molar-refractivity contribution in [1.82, 2.24) is 9.55 Å². The van der Waals surface area contributed by atoms with Gasteiger partial charge in [0.05, 0.1) is 24.4 Å². The quantitative estimate of drug-likeness (QED) is 0.578. The van der Waals surface area contributed by atoms with Crippen LogP contribution in [0.25, 0.3) is 11.0 Å². The summed E-state index contributed by atoms with van der Waals surface area (Å²) in [6, 6.07) is 15.8. The molecule has 0 spiro atoms. The number of ether oxygens (including phenoxy) is 1. The summed E-state index contributed by atoms with van der Waals surface area (Å²) in [5, 5.41) is 4.27. The molecular weight excluding hydrogens is 276 g/mol. The van der Waals surface area contributed by atoms with E-state index in [1.165, 1.54) is 0 Å². The molecule has 0 aliphatic rings. The SMILES string of the molecule is CCn1c(N/N=C\c2ccc(OC)cc2)nc2ccccc21. The van der Waals surface area contributed by atoms with E-state index in [1.807, 2.05) is 42.5 Å². The number of aryl methyl sites for hydroxylation is 1. The lowest BCUT2D eigenvalue weighted by molar-refractivity contribution is 0.415. The predicted octanol–water partition coefficient (Wildman–Crippen LogP) is 3.51. The van der Waals surface area contributed by atoms with Crippen LogP contribution in [-0.4, -0.2) is 22.9 Å². The van der Waals surface area contributed by atoms with E-state index < -0.39 is 0 Å². The fourth-order valence-electron chi connectivity index (χ4n) is 2.34. The van der Waals surface area contributed by atoms with Gasteiger partial charge in [0.2, 0.25) is 5.95 Å². The third-order valence-corrected chi connectivity index (χ3v) is 3.46. The van der Waals surface area contributed by atoms with Crippen LogP contribution in [0.1, 0.15) is 12.5 Å². The van der Waals surface area contributed by atoms with Crippen LogP contribution in [-0.2, 0) is 6.54 Å². The number of benzene rings is 2. The minimum Gasteiger partial charge on any atom is -0.497 e. The van der Waals surface area contributed by atoms with Gasteiger partial charge in [-0.25, -0.2) is 10.4 Å². The Kier molecular flexibility index (Phi) is 4.05. The molecule has 1 aromatic heterocycles. The standard InChI is InChI=1S/C17H18N4O/c1-3-21-16-7-5-4-6-15(16)19-17(21)20-18-12-13-8-10-14(22-2)11-9-13/h4-12H,3H2,1-2H3,(H,19,20)/b18-12-. The Hall–Kier alpha value is -2.82. The Labute approximate surface area is 129 Å².